The van der Waals surface area contributed by atoms with E-state index in [4.69, 9.17) is 0 Å². The molecule has 3 aromatic rings. The number of hydrogen-bond donors (Lipinski definition) is 1. The van der Waals surface area contributed by atoms with E-state index >= 15 is 0 Å². The van der Waals surface area contributed by atoms with Gasteiger partial charge in [0.25, 0.3) is 0 Å². The molecule has 0 saturated carbocycles. The van der Waals surface area contributed by atoms with Crippen LogP contribution in [0.4, 0.5) is 0 Å². The van der Waals surface area contributed by atoms with Crippen LogP contribution in [0.15, 0.2) is 66.8 Å². The highest BCUT2D eigenvalue weighted by atomic mass is 14.9. The van der Waals surface area contributed by atoms with E-state index in [0.29, 0.717) is 0 Å². The van der Waals surface area contributed by atoms with Gasteiger partial charge in [-0.15, -0.1) is 0 Å². The zero-order chi connectivity index (χ0) is 14.1. The Kier molecular flexibility index (Phi) is 2.93. The number of aromatic amines is 1. The molecule has 1 aromatic heterocycles. The Bertz CT molecular complexity index is 838. The lowest BCUT2D eigenvalue weighted by Crippen LogP contribution is -1.87. The predicted molar refractivity (Wildman–Crippen MR) is 87.1 cm³/mol. The van der Waals surface area contributed by atoms with Crippen LogP contribution >= 0.6 is 0 Å². The van der Waals surface area contributed by atoms with Crippen molar-refractivity contribution in [1.29, 1.82) is 0 Å². The second-order valence-corrected chi connectivity index (χ2v) is 5.42. The topological polar surface area (TPSA) is 28.7 Å². The maximum atomic E-state index is 4.68. The molecule has 0 radical (unpaired) electrons. The summed E-state index contributed by atoms with van der Waals surface area (Å²) in [6.07, 6.45) is 8.29. The molecule has 1 N–H and O–H groups in total. The van der Waals surface area contributed by atoms with Gasteiger partial charge < -0.3 is 4.98 Å². The zero-order valence-corrected chi connectivity index (χ0v) is 11.7. The molecule has 0 saturated heterocycles. The Morgan fingerprint density at radius 3 is 2.71 bits per heavy atom. The van der Waals surface area contributed by atoms with Crippen molar-refractivity contribution in [2.24, 2.45) is 0 Å². The molecule has 102 valence electrons. The van der Waals surface area contributed by atoms with Gasteiger partial charge in [-0.2, -0.15) is 0 Å². The quantitative estimate of drug-likeness (QED) is 0.747. The van der Waals surface area contributed by atoms with Gasteiger partial charge in [0.05, 0.1) is 11.0 Å². The minimum atomic E-state index is 0.954. The minimum Gasteiger partial charge on any atom is -0.338 e. The summed E-state index contributed by atoms with van der Waals surface area (Å²) in [6, 6.07) is 17.0. The van der Waals surface area contributed by atoms with Gasteiger partial charge in [-0.25, -0.2) is 4.98 Å². The third-order valence-electron chi connectivity index (χ3n) is 3.87. The minimum absolute atomic E-state index is 0.954. The SMILES string of the molecule is C1=CCC(c2nc3ccc(Cc4ccccc4)cc3[nH]2)=C1. The molecule has 0 unspecified atom stereocenters. The number of rotatable bonds is 3. The van der Waals surface area contributed by atoms with Crippen molar-refractivity contribution in [1.82, 2.24) is 9.97 Å². The van der Waals surface area contributed by atoms with Crippen molar-refractivity contribution >= 4 is 16.6 Å². The van der Waals surface area contributed by atoms with Gasteiger partial charge in [-0.1, -0.05) is 54.6 Å². The zero-order valence-electron chi connectivity index (χ0n) is 11.7. The molecule has 1 aliphatic rings. The van der Waals surface area contributed by atoms with Crippen LogP contribution in [0.2, 0.25) is 0 Å². The maximum absolute atomic E-state index is 4.68. The number of fused-ring (bicyclic) bond motifs is 1. The van der Waals surface area contributed by atoms with E-state index < -0.39 is 0 Å². The molecule has 0 aliphatic heterocycles. The average molecular weight is 272 g/mol. The number of nitrogens with one attached hydrogen (secondary N) is 1. The highest BCUT2D eigenvalue weighted by molar-refractivity contribution is 5.80. The Hall–Kier alpha value is -2.61. The summed E-state index contributed by atoms with van der Waals surface area (Å²) in [5, 5.41) is 0. The number of H-pyrrole nitrogens is 1. The van der Waals surface area contributed by atoms with Crippen LogP contribution in [0.1, 0.15) is 23.4 Å². The van der Waals surface area contributed by atoms with Gasteiger partial charge in [0, 0.05) is 0 Å². The first-order chi connectivity index (χ1) is 10.4. The normalized spacial score (nSPS) is 13.8. The smallest absolute Gasteiger partial charge is 0.134 e. The number of aromatic nitrogens is 2. The lowest BCUT2D eigenvalue weighted by atomic mass is 10.0. The van der Waals surface area contributed by atoms with Crippen molar-refractivity contribution in [2.75, 3.05) is 0 Å². The summed E-state index contributed by atoms with van der Waals surface area (Å²) in [4.78, 5) is 8.12. The average Bonchev–Trinajstić information content (AvgIpc) is 3.17. The summed E-state index contributed by atoms with van der Waals surface area (Å²) in [6.45, 7) is 0. The second kappa shape index (κ2) is 5.06. The fourth-order valence-electron chi connectivity index (χ4n) is 2.77. The molecule has 1 aliphatic carbocycles. The Morgan fingerprint density at radius 2 is 1.90 bits per heavy atom. The van der Waals surface area contributed by atoms with Crippen molar-refractivity contribution in [3.63, 3.8) is 0 Å². The van der Waals surface area contributed by atoms with Crippen molar-refractivity contribution in [2.45, 2.75) is 12.8 Å². The first-order valence-electron chi connectivity index (χ1n) is 7.27. The molecule has 2 aromatic carbocycles. The van der Waals surface area contributed by atoms with Crippen LogP contribution in [0.5, 0.6) is 0 Å². The molecule has 0 fully saturated rings. The molecule has 2 heteroatoms. The van der Waals surface area contributed by atoms with E-state index in [9.17, 15) is 0 Å². The lowest BCUT2D eigenvalue weighted by Gasteiger charge is -2.01. The molecule has 0 atom stereocenters. The first kappa shape index (κ1) is 12.2. The predicted octanol–water partition coefficient (Wildman–Crippen LogP) is 4.50. The number of imidazole rings is 1. The molecule has 0 spiro atoms. The van der Waals surface area contributed by atoms with Gasteiger partial charge in [0.15, 0.2) is 0 Å². The van der Waals surface area contributed by atoms with Gasteiger partial charge in [0.1, 0.15) is 5.82 Å². The Morgan fingerprint density at radius 1 is 1.00 bits per heavy atom. The molecular formula is C19H16N2. The number of nitrogens with zero attached hydrogens (tertiary/aromatic N) is 1. The molecule has 21 heavy (non-hydrogen) atoms. The molecule has 1 heterocycles. The van der Waals surface area contributed by atoms with Gasteiger partial charge in [-0.3, -0.25) is 0 Å². The van der Waals surface area contributed by atoms with E-state index in [1.54, 1.807) is 0 Å². The van der Waals surface area contributed by atoms with Crippen LogP contribution in [-0.2, 0) is 6.42 Å². The molecular weight excluding hydrogens is 256 g/mol. The molecule has 0 amide bonds. The summed E-state index contributed by atoms with van der Waals surface area (Å²) in [5.41, 5.74) is 6.05. The van der Waals surface area contributed by atoms with Crippen molar-refractivity contribution in [3.8, 4) is 0 Å². The van der Waals surface area contributed by atoms with E-state index in [2.05, 4.69) is 76.7 Å². The largest absolute Gasteiger partial charge is 0.338 e. The summed E-state index contributed by atoms with van der Waals surface area (Å²) in [7, 11) is 0. The van der Waals surface area contributed by atoms with Crippen LogP contribution in [0, 0.1) is 0 Å². The van der Waals surface area contributed by atoms with E-state index in [-0.39, 0.29) is 0 Å². The van der Waals surface area contributed by atoms with Crippen LogP contribution in [0.3, 0.4) is 0 Å². The highest BCUT2D eigenvalue weighted by Crippen LogP contribution is 2.24. The molecule has 2 nitrogen and oxygen atoms in total. The van der Waals surface area contributed by atoms with E-state index in [1.807, 2.05) is 0 Å². The van der Waals surface area contributed by atoms with Crippen molar-refractivity contribution in [3.05, 3.63) is 83.7 Å². The standard InChI is InChI=1S/C19H16N2/c1-2-6-14(7-3-1)12-15-10-11-17-18(13-15)21-19(20-17)16-8-4-5-9-16/h1-8,10-11,13H,9,12H2,(H,20,21). The van der Waals surface area contributed by atoms with Crippen molar-refractivity contribution < 1.29 is 0 Å². The number of allylic oxidation sites excluding steroid dienone is 4. The second-order valence-electron chi connectivity index (χ2n) is 5.42. The maximum Gasteiger partial charge on any atom is 0.134 e. The van der Waals surface area contributed by atoms with E-state index in [1.165, 1.54) is 16.7 Å². The van der Waals surface area contributed by atoms with Crippen LogP contribution in [0.25, 0.3) is 16.6 Å². The fourth-order valence-corrected chi connectivity index (χ4v) is 2.77. The van der Waals surface area contributed by atoms with Gasteiger partial charge >= 0.3 is 0 Å². The molecule has 4 rings (SSSR count). The third-order valence-corrected chi connectivity index (χ3v) is 3.87. The van der Waals surface area contributed by atoms with Gasteiger partial charge in [-0.05, 0) is 41.7 Å². The molecule has 0 bridgehead atoms. The number of benzene rings is 2. The summed E-state index contributed by atoms with van der Waals surface area (Å²) in [5.74, 6) is 0.992. The fraction of sp³-hybridized carbons (Fsp3) is 0.105. The monoisotopic (exact) mass is 272 g/mol. The Balaban J connectivity index is 1.66. The lowest BCUT2D eigenvalue weighted by molar-refractivity contribution is 1.20. The summed E-state index contributed by atoms with van der Waals surface area (Å²) < 4.78 is 0. The van der Waals surface area contributed by atoms with Crippen LogP contribution < -0.4 is 0 Å². The van der Waals surface area contributed by atoms with Crippen LogP contribution in [-0.4, -0.2) is 9.97 Å². The van der Waals surface area contributed by atoms with E-state index in [0.717, 1.165) is 29.7 Å². The summed E-state index contributed by atoms with van der Waals surface area (Å²) >= 11 is 0. The highest BCUT2D eigenvalue weighted by Gasteiger charge is 2.09. The van der Waals surface area contributed by atoms with Gasteiger partial charge in [0.2, 0.25) is 0 Å². The third kappa shape index (κ3) is 2.40. The first-order valence-corrected chi connectivity index (χ1v) is 7.27. The Labute approximate surface area is 123 Å². The number of hydrogen-bond acceptors (Lipinski definition) is 1.